The van der Waals surface area contributed by atoms with Crippen molar-refractivity contribution in [1.29, 1.82) is 0 Å². The molecule has 6 nitrogen and oxygen atoms in total. The van der Waals surface area contributed by atoms with E-state index in [-0.39, 0.29) is 11.8 Å². The summed E-state index contributed by atoms with van der Waals surface area (Å²) in [5.41, 5.74) is 0. The summed E-state index contributed by atoms with van der Waals surface area (Å²) >= 11 is 4.82. The average molecular weight is 687 g/mol. The predicted molar refractivity (Wildman–Crippen MR) is 203 cm³/mol. The van der Waals surface area contributed by atoms with E-state index >= 15 is 0 Å². The van der Waals surface area contributed by atoms with Crippen LogP contribution in [0.25, 0.3) is 0 Å². The van der Waals surface area contributed by atoms with E-state index in [2.05, 4.69) is 49.8 Å². The third kappa shape index (κ3) is 54.1. The zero-order chi connectivity index (χ0) is 35.3. The van der Waals surface area contributed by atoms with Crippen LogP contribution in [0.3, 0.4) is 0 Å². The number of ether oxygens (including phenoxy) is 2. The minimum atomic E-state index is -0.103. The van der Waals surface area contributed by atoms with Crippen molar-refractivity contribution < 1.29 is 23.9 Å². The largest absolute Gasteiger partial charge is 0.467 e. The first-order valence-electron chi connectivity index (χ1n) is 19.2. The van der Waals surface area contributed by atoms with Gasteiger partial charge in [0.25, 0.3) is 6.47 Å². The molecule has 0 aliphatic heterocycles. The minimum Gasteiger partial charge on any atom is -0.467 e. The van der Waals surface area contributed by atoms with E-state index in [1.165, 1.54) is 128 Å². The Balaban J connectivity index is -0.000000769. The maximum Gasteiger partial charge on any atom is 0.305 e. The van der Waals surface area contributed by atoms with Crippen LogP contribution < -0.4 is 0 Å². The highest BCUT2D eigenvalue weighted by molar-refractivity contribution is 6.24. The Morgan fingerprint density at radius 3 is 1.47 bits per heavy atom. The summed E-state index contributed by atoms with van der Waals surface area (Å²) < 4.78 is 9.84. The van der Waals surface area contributed by atoms with E-state index in [4.69, 9.17) is 21.1 Å². The summed E-state index contributed by atoms with van der Waals surface area (Å²) in [6, 6.07) is 0. The van der Waals surface area contributed by atoms with Crippen molar-refractivity contribution in [3.63, 3.8) is 0 Å². The number of unbranched alkanes of at least 4 members (excludes halogenated alkanes) is 19. The summed E-state index contributed by atoms with van der Waals surface area (Å²) in [4.78, 5) is 32.7. The highest BCUT2D eigenvalue weighted by Crippen LogP contribution is 2.12. The number of carbonyl (C=O) groups is 3. The third-order valence-electron chi connectivity index (χ3n) is 7.75. The molecule has 0 saturated carbocycles. The fourth-order valence-corrected chi connectivity index (χ4v) is 4.75. The maximum atomic E-state index is 11.6. The van der Waals surface area contributed by atoms with Gasteiger partial charge in [0.15, 0.2) is 0 Å². The summed E-state index contributed by atoms with van der Waals surface area (Å²) in [5.74, 6) is 0.00784. The summed E-state index contributed by atoms with van der Waals surface area (Å²) in [6.07, 6.45) is 40.7. The molecule has 0 bridgehead atoms. The van der Waals surface area contributed by atoms with Crippen LogP contribution >= 0.6 is 11.6 Å². The number of esters is 1. The second-order valence-electron chi connectivity index (χ2n) is 12.3. The fraction of sp³-hybridized carbons (Fsp3) is 0.825. The van der Waals surface area contributed by atoms with Crippen LogP contribution in [0.2, 0.25) is 0 Å². The van der Waals surface area contributed by atoms with Gasteiger partial charge in [0.2, 0.25) is 0 Å². The van der Waals surface area contributed by atoms with Gasteiger partial charge in [0.1, 0.15) is 19.5 Å². The predicted octanol–water partition coefficient (Wildman–Crippen LogP) is 11.6. The number of aldehydes is 1. The lowest BCUT2D eigenvalue weighted by Gasteiger charge is -2.15. The van der Waals surface area contributed by atoms with Crippen molar-refractivity contribution in [1.82, 2.24) is 4.90 Å². The molecule has 0 rings (SSSR count). The zero-order valence-corrected chi connectivity index (χ0v) is 32.1. The standard InChI is InChI=1S/C20H39NO4.C18H34.C2H3ClO/c1-3-4-5-6-7-8-9-10-11-12-13-14-20(23)25-18-16-21(2)15-17-24-19-22;1-3-5-7-9-11-13-15-17-18-16-14-12-10-8-6-4-2;3-1-2-4/h19H,3-18H2,1-2H3;11,13,17-18H,3-10,12,14-16H2,1-2H3;2H,1H2/b;13-11-,18-17-;. The van der Waals surface area contributed by atoms with Gasteiger partial charge in [-0.15, -0.1) is 11.6 Å². The number of carbonyl (C=O) groups excluding carboxylic acids is 3. The number of hydrogen-bond donors (Lipinski definition) is 0. The summed E-state index contributed by atoms with van der Waals surface area (Å²) in [7, 11) is 1.91. The molecule has 7 heteroatoms. The van der Waals surface area contributed by atoms with Gasteiger partial charge in [0, 0.05) is 19.5 Å². The Morgan fingerprint density at radius 1 is 0.596 bits per heavy atom. The Kier molecular flexibility index (Phi) is 51.6. The zero-order valence-electron chi connectivity index (χ0n) is 31.3. The van der Waals surface area contributed by atoms with Crippen LogP contribution in [0.5, 0.6) is 0 Å². The highest BCUT2D eigenvalue weighted by Gasteiger charge is 2.04. The number of nitrogens with zero attached hydrogens (tertiary/aromatic N) is 1. The first kappa shape index (κ1) is 49.7. The number of hydrogen-bond acceptors (Lipinski definition) is 6. The first-order chi connectivity index (χ1) is 23.0. The average Bonchev–Trinajstić information content (AvgIpc) is 3.08. The van der Waals surface area contributed by atoms with Crippen molar-refractivity contribution in [2.45, 2.75) is 175 Å². The molecule has 0 aliphatic carbocycles. The smallest absolute Gasteiger partial charge is 0.305 e. The molecular formula is C40H76ClNO5. The van der Waals surface area contributed by atoms with Gasteiger partial charge >= 0.3 is 5.97 Å². The molecule has 0 radical (unpaired) electrons. The van der Waals surface area contributed by atoms with Crippen molar-refractivity contribution in [3.8, 4) is 0 Å². The van der Waals surface area contributed by atoms with Crippen LogP contribution in [-0.4, -0.2) is 62.9 Å². The molecule has 0 aromatic heterocycles. The van der Waals surface area contributed by atoms with Gasteiger partial charge < -0.3 is 14.3 Å². The van der Waals surface area contributed by atoms with Gasteiger partial charge in [-0.1, -0.05) is 154 Å². The highest BCUT2D eigenvalue weighted by atomic mass is 35.5. The van der Waals surface area contributed by atoms with Crippen molar-refractivity contribution >= 4 is 30.3 Å². The Morgan fingerprint density at radius 2 is 1.00 bits per heavy atom. The second kappa shape index (κ2) is 48.7. The van der Waals surface area contributed by atoms with E-state index < -0.39 is 0 Å². The summed E-state index contributed by atoms with van der Waals surface area (Å²) in [5, 5.41) is 0. The monoisotopic (exact) mass is 686 g/mol. The second-order valence-corrected chi connectivity index (χ2v) is 12.6. The van der Waals surface area contributed by atoms with Crippen LogP contribution in [0.15, 0.2) is 24.3 Å². The molecule has 0 spiro atoms. The molecule has 0 fully saturated rings. The lowest BCUT2D eigenvalue weighted by atomic mass is 10.1. The van der Waals surface area contributed by atoms with Gasteiger partial charge in [-0.2, -0.15) is 0 Å². The number of likely N-dealkylation sites (N-methyl/N-ethyl adjacent to an activating group) is 1. The van der Waals surface area contributed by atoms with Gasteiger partial charge in [-0.3, -0.25) is 14.5 Å². The van der Waals surface area contributed by atoms with Gasteiger partial charge in [-0.25, -0.2) is 0 Å². The van der Waals surface area contributed by atoms with Crippen molar-refractivity contribution in [2.24, 2.45) is 0 Å². The van der Waals surface area contributed by atoms with Gasteiger partial charge in [-0.05, 0) is 45.6 Å². The van der Waals surface area contributed by atoms with Crippen LogP contribution in [0.4, 0.5) is 0 Å². The van der Waals surface area contributed by atoms with Gasteiger partial charge in [0.05, 0.1) is 5.88 Å². The number of halogens is 1. The molecular weight excluding hydrogens is 610 g/mol. The van der Waals surface area contributed by atoms with E-state index in [1.54, 1.807) is 0 Å². The van der Waals surface area contributed by atoms with Crippen molar-refractivity contribution in [3.05, 3.63) is 24.3 Å². The Labute approximate surface area is 296 Å². The van der Waals surface area contributed by atoms with E-state index in [0.717, 1.165) is 19.3 Å². The Hall–Kier alpha value is -1.66. The Bertz CT molecular complexity index is 671. The SMILES string of the molecule is CCCCC/C=C\C/C=C\CCCCCCCC.CCCCCCCCCCCCCC(=O)OCCN(C)CCOC=O.O=CCCl. The minimum absolute atomic E-state index is 0.103. The molecule has 0 N–H and O–H groups in total. The molecule has 0 unspecified atom stereocenters. The maximum absolute atomic E-state index is 11.6. The van der Waals surface area contributed by atoms with Crippen molar-refractivity contribution in [2.75, 3.05) is 39.2 Å². The van der Waals surface area contributed by atoms with E-state index in [0.29, 0.717) is 45.5 Å². The molecule has 0 heterocycles. The first-order valence-corrected chi connectivity index (χ1v) is 19.8. The van der Waals surface area contributed by atoms with E-state index in [9.17, 15) is 9.59 Å². The molecule has 278 valence electrons. The topological polar surface area (TPSA) is 72.9 Å². The molecule has 0 saturated heterocycles. The molecule has 0 aliphatic rings. The number of rotatable bonds is 33. The molecule has 0 amide bonds. The lowest BCUT2D eigenvalue weighted by Crippen LogP contribution is -2.27. The quantitative estimate of drug-likeness (QED) is 0.0225. The molecule has 0 aromatic carbocycles. The number of alkyl halides is 1. The normalized spacial score (nSPS) is 10.9. The summed E-state index contributed by atoms with van der Waals surface area (Å²) in [6.45, 7) is 9.30. The third-order valence-corrected chi connectivity index (χ3v) is 7.87. The molecule has 47 heavy (non-hydrogen) atoms. The van der Waals surface area contributed by atoms with E-state index in [1.807, 2.05) is 11.9 Å². The fourth-order valence-electron chi connectivity index (χ4n) is 4.75. The van der Waals surface area contributed by atoms with Crippen LogP contribution in [-0.2, 0) is 23.9 Å². The lowest BCUT2D eigenvalue weighted by molar-refractivity contribution is -0.144. The molecule has 0 aromatic rings. The molecule has 0 atom stereocenters. The van der Waals surface area contributed by atoms with Crippen LogP contribution in [0.1, 0.15) is 175 Å². The number of allylic oxidation sites excluding steroid dienone is 4. The van der Waals surface area contributed by atoms with Crippen LogP contribution in [0, 0.1) is 0 Å².